The zero-order valence-corrected chi connectivity index (χ0v) is 12.8. The summed E-state index contributed by atoms with van der Waals surface area (Å²) < 4.78 is 2.38. The SMILES string of the molecule is Cc1ccc(-n2nc(C)c(CN)c(C)c2=O)cc1Br. The topological polar surface area (TPSA) is 60.9 Å². The maximum atomic E-state index is 12.3. The van der Waals surface area contributed by atoms with Crippen LogP contribution in [0.3, 0.4) is 0 Å². The van der Waals surface area contributed by atoms with Gasteiger partial charge in [0.15, 0.2) is 0 Å². The Morgan fingerprint density at radius 1 is 1.32 bits per heavy atom. The molecule has 0 aliphatic carbocycles. The van der Waals surface area contributed by atoms with Gasteiger partial charge >= 0.3 is 0 Å². The number of hydrogen-bond donors (Lipinski definition) is 1. The fourth-order valence-corrected chi connectivity index (χ4v) is 2.37. The summed E-state index contributed by atoms with van der Waals surface area (Å²) in [5.74, 6) is 0. The van der Waals surface area contributed by atoms with E-state index in [0.29, 0.717) is 12.1 Å². The predicted molar refractivity (Wildman–Crippen MR) is 79.6 cm³/mol. The van der Waals surface area contributed by atoms with Gasteiger partial charge in [-0.25, -0.2) is 0 Å². The Labute approximate surface area is 120 Å². The molecule has 1 heterocycles. The summed E-state index contributed by atoms with van der Waals surface area (Å²) in [6.07, 6.45) is 0. The molecule has 2 aromatic rings. The van der Waals surface area contributed by atoms with Crippen molar-refractivity contribution in [3.05, 3.63) is 55.4 Å². The van der Waals surface area contributed by atoms with Crippen LogP contribution >= 0.6 is 15.9 Å². The van der Waals surface area contributed by atoms with Gasteiger partial charge in [0.05, 0.1) is 11.4 Å². The average Bonchev–Trinajstić information content (AvgIpc) is 2.38. The van der Waals surface area contributed by atoms with Crippen molar-refractivity contribution < 1.29 is 0 Å². The molecule has 2 rings (SSSR count). The Morgan fingerprint density at radius 3 is 2.58 bits per heavy atom. The third-order valence-corrected chi connectivity index (χ3v) is 4.11. The van der Waals surface area contributed by atoms with Crippen LogP contribution < -0.4 is 11.3 Å². The molecular formula is C14H16BrN3O. The lowest BCUT2D eigenvalue weighted by molar-refractivity contribution is 0.754. The Bertz CT molecular complexity index is 692. The van der Waals surface area contributed by atoms with Crippen LogP contribution in [0.5, 0.6) is 0 Å². The summed E-state index contributed by atoms with van der Waals surface area (Å²) >= 11 is 3.47. The summed E-state index contributed by atoms with van der Waals surface area (Å²) in [7, 11) is 0. The molecule has 0 aliphatic heterocycles. The molecule has 0 saturated carbocycles. The van der Waals surface area contributed by atoms with Crippen LogP contribution in [0.15, 0.2) is 27.5 Å². The van der Waals surface area contributed by atoms with Gasteiger partial charge in [0, 0.05) is 16.6 Å². The van der Waals surface area contributed by atoms with Gasteiger partial charge in [-0.3, -0.25) is 4.79 Å². The van der Waals surface area contributed by atoms with Gasteiger partial charge in [0.2, 0.25) is 0 Å². The van der Waals surface area contributed by atoms with E-state index in [0.717, 1.165) is 27.0 Å². The van der Waals surface area contributed by atoms with Crippen molar-refractivity contribution in [1.29, 1.82) is 0 Å². The highest BCUT2D eigenvalue weighted by Gasteiger charge is 2.12. The monoisotopic (exact) mass is 321 g/mol. The summed E-state index contributed by atoms with van der Waals surface area (Å²) in [5.41, 5.74) is 9.67. The molecule has 19 heavy (non-hydrogen) atoms. The predicted octanol–water partition coefficient (Wildman–Crippen LogP) is 2.38. The van der Waals surface area contributed by atoms with Crippen LogP contribution in [0.25, 0.3) is 5.69 Å². The molecule has 1 aromatic carbocycles. The fourth-order valence-electron chi connectivity index (χ4n) is 2.00. The lowest BCUT2D eigenvalue weighted by Gasteiger charge is -2.12. The molecule has 5 heteroatoms. The molecular weight excluding hydrogens is 306 g/mol. The maximum Gasteiger partial charge on any atom is 0.274 e. The molecule has 2 N–H and O–H groups in total. The molecule has 0 radical (unpaired) electrons. The fraction of sp³-hybridized carbons (Fsp3) is 0.286. The Kier molecular flexibility index (Phi) is 3.87. The number of aromatic nitrogens is 2. The van der Waals surface area contributed by atoms with E-state index >= 15 is 0 Å². The summed E-state index contributed by atoms with van der Waals surface area (Å²) in [6.45, 7) is 5.99. The zero-order valence-electron chi connectivity index (χ0n) is 11.2. The van der Waals surface area contributed by atoms with Gasteiger partial charge in [-0.05, 0) is 44.0 Å². The first-order valence-electron chi connectivity index (χ1n) is 6.01. The quantitative estimate of drug-likeness (QED) is 0.923. The Hall–Kier alpha value is -1.46. The third-order valence-electron chi connectivity index (χ3n) is 3.26. The third kappa shape index (κ3) is 2.48. The maximum absolute atomic E-state index is 12.3. The normalized spacial score (nSPS) is 10.8. The van der Waals surface area contributed by atoms with E-state index in [1.165, 1.54) is 4.68 Å². The molecule has 0 spiro atoms. The van der Waals surface area contributed by atoms with Crippen molar-refractivity contribution in [1.82, 2.24) is 9.78 Å². The smallest absolute Gasteiger partial charge is 0.274 e. The first kappa shape index (κ1) is 14.0. The lowest BCUT2D eigenvalue weighted by atomic mass is 10.1. The highest BCUT2D eigenvalue weighted by Crippen LogP contribution is 2.19. The molecule has 100 valence electrons. The van der Waals surface area contributed by atoms with E-state index in [9.17, 15) is 4.79 Å². The molecule has 0 unspecified atom stereocenters. The van der Waals surface area contributed by atoms with Crippen LogP contribution in [0.2, 0.25) is 0 Å². The van der Waals surface area contributed by atoms with Crippen molar-refractivity contribution in [2.75, 3.05) is 0 Å². The Balaban J connectivity index is 2.70. The highest BCUT2D eigenvalue weighted by molar-refractivity contribution is 9.10. The summed E-state index contributed by atoms with van der Waals surface area (Å²) in [5, 5.41) is 4.35. The van der Waals surface area contributed by atoms with Crippen molar-refractivity contribution in [2.45, 2.75) is 27.3 Å². The average molecular weight is 322 g/mol. The largest absolute Gasteiger partial charge is 0.326 e. The second kappa shape index (κ2) is 5.27. The van der Waals surface area contributed by atoms with Crippen LogP contribution in [0.4, 0.5) is 0 Å². The van der Waals surface area contributed by atoms with Crippen LogP contribution in [-0.2, 0) is 6.54 Å². The molecule has 1 aromatic heterocycles. The number of rotatable bonds is 2. The lowest BCUT2D eigenvalue weighted by Crippen LogP contribution is -2.27. The van der Waals surface area contributed by atoms with E-state index in [1.807, 2.05) is 32.0 Å². The van der Waals surface area contributed by atoms with Crippen molar-refractivity contribution in [3.63, 3.8) is 0 Å². The molecule has 0 bridgehead atoms. The second-order valence-electron chi connectivity index (χ2n) is 4.54. The van der Waals surface area contributed by atoms with Gasteiger partial charge in [-0.2, -0.15) is 9.78 Å². The zero-order chi connectivity index (χ0) is 14.2. The second-order valence-corrected chi connectivity index (χ2v) is 5.40. The van der Waals surface area contributed by atoms with E-state index in [1.54, 1.807) is 6.92 Å². The van der Waals surface area contributed by atoms with Crippen molar-refractivity contribution in [3.8, 4) is 5.69 Å². The first-order valence-corrected chi connectivity index (χ1v) is 6.81. The highest BCUT2D eigenvalue weighted by atomic mass is 79.9. The number of hydrogen-bond acceptors (Lipinski definition) is 3. The molecule has 0 saturated heterocycles. The van der Waals surface area contributed by atoms with Gasteiger partial charge in [-0.15, -0.1) is 0 Å². The summed E-state index contributed by atoms with van der Waals surface area (Å²) in [4.78, 5) is 12.3. The van der Waals surface area contributed by atoms with E-state index < -0.39 is 0 Å². The Morgan fingerprint density at radius 2 is 2.00 bits per heavy atom. The molecule has 0 aliphatic rings. The van der Waals surface area contributed by atoms with Crippen molar-refractivity contribution in [2.24, 2.45) is 5.73 Å². The minimum Gasteiger partial charge on any atom is -0.326 e. The van der Waals surface area contributed by atoms with Crippen LogP contribution in [-0.4, -0.2) is 9.78 Å². The van der Waals surface area contributed by atoms with Gasteiger partial charge in [0.1, 0.15) is 0 Å². The van der Waals surface area contributed by atoms with E-state index in [2.05, 4.69) is 21.0 Å². The number of nitrogens with zero attached hydrogens (tertiary/aromatic N) is 2. The standard InChI is InChI=1S/C14H16BrN3O/c1-8-4-5-11(6-13(8)15)18-14(19)9(2)12(7-16)10(3)17-18/h4-6H,7,16H2,1-3H3. The van der Waals surface area contributed by atoms with Gasteiger partial charge in [0.25, 0.3) is 5.56 Å². The van der Waals surface area contributed by atoms with Crippen molar-refractivity contribution >= 4 is 15.9 Å². The van der Waals surface area contributed by atoms with Crippen LogP contribution in [0.1, 0.15) is 22.4 Å². The minimum atomic E-state index is -0.123. The van der Waals surface area contributed by atoms with Gasteiger partial charge in [-0.1, -0.05) is 22.0 Å². The number of aryl methyl sites for hydroxylation is 2. The number of benzene rings is 1. The van der Waals surface area contributed by atoms with E-state index in [4.69, 9.17) is 5.73 Å². The number of halogens is 1. The molecule has 0 fully saturated rings. The molecule has 4 nitrogen and oxygen atoms in total. The number of nitrogens with two attached hydrogens (primary N) is 1. The summed E-state index contributed by atoms with van der Waals surface area (Å²) in [6, 6.07) is 5.73. The molecule has 0 atom stereocenters. The van der Waals surface area contributed by atoms with Gasteiger partial charge < -0.3 is 5.73 Å². The van der Waals surface area contributed by atoms with Crippen LogP contribution in [0, 0.1) is 20.8 Å². The first-order chi connectivity index (χ1) is 8.95. The minimum absolute atomic E-state index is 0.123. The molecule has 0 amide bonds. The van der Waals surface area contributed by atoms with E-state index in [-0.39, 0.29) is 5.56 Å².